The molecule has 1 N–H and O–H groups in total. The lowest BCUT2D eigenvalue weighted by atomic mass is 9.80. The first-order valence-electron chi connectivity index (χ1n) is 9.25. The topological polar surface area (TPSA) is 73.6 Å². The van der Waals surface area contributed by atoms with Gasteiger partial charge in [-0.1, -0.05) is 25.0 Å². The van der Waals surface area contributed by atoms with Crippen molar-refractivity contribution in [2.45, 2.75) is 57.1 Å². The molecule has 2 fully saturated rings. The lowest BCUT2D eigenvalue weighted by Crippen LogP contribution is -2.45. The molecule has 1 saturated heterocycles. The number of likely N-dealkylation sites (tertiary alicyclic amines) is 1. The Kier molecular flexibility index (Phi) is 5.93. The maximum Gasteiger partial charge on any atom is 0.227 e. The molecule has 1 aliphatic carbocycles. The summed E-state index contributed by atoms with van der Waals surface area (Å²) in [5, 5.41) is 19.0. The van der Waals surface area contributed by atoms with E-state index < -0.39 is 0 Å². The minimum atomic E-state index is -0.269. The van der Waals surface area contributed by atoms with Crippen molar-refractivity contribution in [3.8, 4) is 11.8 Å². The number of nitrogens with zero attached hydrogens (tertiary/aromatic N) is 2. The normalized spacial score (nSPS) is 26.2. The molecule has 5 heteroatoms. The van der Waals surface area contributed by atoms with Crippen molar-refractivity contribution < 1.29 is 14.6 Å². The molecule has 3 rings (SSSR count). The van der Waals surface area contributed by atoms with E-state index in [1.165, 1.54) is 0 Å². The Morgan fingerprint density at radius 3 is 2.92 bits per heavy atom. The summed E-state index contributed by atoms with van der Waals surface area (Å²) in [7, 11) is 0. The number of benzene rings is 1. The van der Waals surface area contributed by atoms with Gasteiger partial charge in [-0.2, -0.15) is 5.26 Å². The fraction of sp³-hybridized carbons (Fsp3) is 0.600. The van der Waals surface area contributed by atoms with E-state index in [1.54, 1.807) is 6.07 Å². The van der Waals surface area contributed by atoms with Crippen molar-refractivity contribution in [3.63, 3.8) is 0 Å². The van der Waals surface area contributed by atoms with E-state index in [0.717, 1.165) is 50.6 Å². The van der Waals surface area contributed by atoms with Crippen LogP contribution in [0.1, 0.15) is 44.1 Å². The van der Waals surface area contributed by atoms with Crippen LogP contribution in [-0.2, 0) is 11.2 Å². The third-order valence-electron chi connectivity index (χ3n) is 5.45. The number of aliphatic hydroxyl groups is 1. The van der Waals surface area contributed by atoms with E-state index in [9.17, 15) is 9.90 Å². The minimum absolute atomic E-state index is 0.00513. The SMILES string of the molecule is N#CCOc1cccc(CC(=O)N2CCC[C@@H]2[C@H]2CCCC[C@H]2O)c1. The molecule has 25 heavy (non-hydrogen) atoms. The second-order valence-electron chi connectivity index (χ2n) is 7.08. The lowest BCUT2D eigenvalue weighted by Gasteiger charge is -2.37. The first-order valence-corrected chi connectivity index (χ1v) is 9.25. The van der Waals surface area contributed by atoms with Crippen molar-refractivity contribution >= 4 is 5.91 Å². The van der Waals surface area contributed by atoms with Gasteiger partial charge in [-0.05, 0) is 43.4 Å². The predicted molar refractivity (Wildman–Crippen MR) is 94.0 cm³/mol. The number of aliphatic hydroxyl groups excluding tert-OH is 1. The molecule has 1 amide bonds. The first-order chi connectivity index (χ1) is 12.2. The molecule has 134 valence electrons. The third kappa shape index (κ3) is 4.32. The number of hydrogen-bond acceptors (Lipinski definition) is 4. The highest BCUT2D eigenvalue weighted by Gasteiger charge is 2.38. The summed E-state index contributed by atoms with van der Waals surface area (Å²) >= 11 is 0. The Morgan fingerprint density at radius 2 is 2.12 bits per heavy atom. The van der Waals surface area contributed by atoms with Gasteiger partial charge in [-0.25, -0.2) is 0 Å². The third-order valence-corrected chi connectivity index (χ3v) is 5.45. The number of nitriles is 1. The van der Waals surface area contributed by atoms with Crippen LogP contribution >= 0.6 is 0 Å². The van der Waals surface area contributed by atoms with E-state index >= 15 is 0 Å². The summed E-state index contributed by atoms with van der Waals surface area (Å²) in [5.41, 5.74) is 0.898. The van der Waals surface area contributed by atoms with Crippen LogP contribution in [0.15, 0.2) is 24.3 Å². The Labute approximate surface area is 149 Å². The number of ether oxygens (including phenoxy) is 1. The molecule has 1 aromatic carbocycles. The number of amides is 1. The second kappa shape index (κ2) is 8.35. The molecule has 0 aromatic heterocycles. The molecule has 1 heterocycles. The lowest BCUT2D eigenvalue weighted by molar-refractivity contribution is -0.133. The molecule has 5 nitrogen and oxygen atoms in total. The molecule has 0 spiro atoms. The van der Waals surface area contributed by atoms with E-state index in [4.69, 9.17) is 10.00 Å². The summed E-state index contributed by atoms with van der Waals surface area (Å²) in [5.74, 6) is 0.968. The maximum atomic E-state index is 12.9. The first kappa shape index (κ1) is 17.8. The van der Waals surface area contributed by atoms with Gasteiger partial charge in [0.25, 0.3) is 0 Å². The zero-order valence-corrected chi connectivity index (χ0v) is 14.6. The number of carbonyl (C=O) groups excluding carboxylic acids is 1. The molecular formula is C20H26N2O3. The summed E-state index contributed by atoms with van der Waals surface area (Å²) < 4.78 is 5.31. The molecule has 0 bridgehead atoms. The number of carbonyl (C=O) groups is 1. The van der Waals surface area contributed by atoms with Crippen LogP contribution in [0, 0.1) is 17.2 Å². The van der Waals surface area contributed by atoms with Gasteiger partial charge < -0.3 is 14.7 Å². The zero-order chi connectivity index (χ0) is 17.6. The van der Waals surface area contributed by atoms with Gasteiger partial charge in [0.1, 0.15) is 11.8 Å². The van der Waals surface area contributed by atoms with Gasteiger partial charge in [0.05, 0.1) is 12.5 Å². The number of hydrogen-bond donors (Lipinski definition) is 1. The Morgan fingerprint density at radius 1 is 1.28 bits per heavy atom. The van der Waals surface area contributed by atoms with Crippen molar-refractivity contribution in [3.05, 3.63) is 29.8 Å². The van der Waals surface area contributed by atoms with E-state index in [1.807, 2.05) is 29.2 Å². The van der Waals surface area contributed by atoms with Gasteiger partial charge >= 0.3 is 0 Å². The van der Waals surface area contributed by atoms with Crippen LogP contribution < -0.4 is 4.74 Å². The smallest absolute Gasteiger partial charge is 0.227 e. The van der Waals surface area contributed by atoms with E-state index in [-0.39, 0.29) is 30.6 Å². The van der Waals surface area contributed by atoms with E-state index in [2.05, 4.69) is 0 Å². The Balaban J connectivity index is 1.65. The molecule has 2 aliphatic rings. The summed E-state index contributed by atoms with van der Waals surface area (Å²) in [4.78, 5) is 14.8. The zero-order valence-electron chi connectivity index (χ0n) is 14.6. The Bertz CT molecular complexity index is 640. The molecule has 1 saturated carbocycles. The highest BCUT2D eigenvalue weighted by atomic mass is 16.5. The van der Waals surface area contributed by atoms with E-state index in [0.29, 0.717) is 12.2 Å². The van der Waals surface area contributed by atoms with Crippen molar-refractivity contribution in [2.75, 3.05) is 13.2 Å². The fourth-order valence-corrected chi connectivity index (χ4v) is 4.27. The van der Waals surface area contributed by atoms with Gasteiger partial charge in [-0.15, -0.1) is 0 Å². The van der Waals surface area contributed by atoms with Crippen molar-refractivity contribution in [2.24, 2.45) is 5.92 Å². The van der Waals surface area contributed by atoms with Crippen LogP contribution in [0.2, 0.25) is 0 Å². The summed E-state index contributed by atoms with van der Waals surface area (Å²) in [6.45, 7) is 0.794. The van der Waals surface area contributed by atoms with Crippen molar-refractivity contribution in [1.82, 2.24) is 4.90 Å². The van der Waals surface area contributed by atoms with Crippen LogP contribution in [0.3, 0.4) is 0 Å². The standard InChI is InChI=1S/C20H26N2O3/c21-10-12-25-16-6-3-5-15(13-16)14-20(24)22-11-4-8-18(22)17-7-1-2-9-19(17)23/h3,5-6,13,17-19,23H,1-2,4,7-9,11-12,14H2/t17-,18-,19-/m1/s1. The van der Waals surface area contributed by atoms with Gasteiger partial charge in [0.15, 0.2) is 6.61 Å². The monoisotopic (exact) mass is 342 g/mol. The highest BCUT2D eigenvalue weighted by molar-refractivity contribution is 5.79. The van der Waals surface area contributed by atoms with Crippen LogP contribution in [0.25, 0.3) is 0 Å². The molecule has 0 unspecified atom stereocenters. The average molecular weight is 342 g/mol. The average Bonchev–Trinajstić information content (AvgIpc) is 3.10. The molecule has 1 aromatic rings. The largest absolute Gasteiger partial charge is 0.479 e. The number of rotatable bonds is 5. The maximum absolute atomic E-state index is 12.9. The summed E-state index contributed by atoms with van der Waals surface area (Å²) in [6, 6.07) is 9.51. The molecule has 1 aliphatic heterocycles. The highest BCUT2D eigenvalue weighted by Crippen LogP contribution is 2.35. The minimum Gasteiger partial charge on any atom is -0.479 e. The summed E-state index contributed by atoms with van der Waals surface area (Å²) in [6.07, 6.45) is 6.21. The predicted octanol–water partition coefficient (Wildman–Crippen LogP) is 2.67. The van der Waals surface area contributed by atoms with Crippen molar-refractivity contribution in [1.29, 1.82) is 5.26 Å². The van der Waals surface area contributed by atoms with Gasteiger partial charge in [0.2, 0.25) is 5.91 Å². The molecule has 3 atom stereocenters. The van der Waals surface area contributed by atoms with Gasteiger partial charge in [0, 0.05) is 18.5 Å². The van der Waals surface area contributed by atoms with Crippen LogP contribution in [0.4, 0.5) is 0 Å². The fourth-order valence-electron chi connectivity index (χ4n) is 4.27. The molecule has 0 radical (unpaired) electrons. The Hall–Kier alpha value is -2.06. The van der Waals surface area contributed by atoms with Crippen LogP contribution in [-0.4, -0.2) is 41.2 Å². The van der Waals surface area contributed by atoms with Crippen LogP contribution in [0.5, 0.6) is 5.75 Å². The van der Waals surface area contributed by atoms with Gasteiger partial charge in [-0.3, -0.25) is 4.79 Å². The quantitative estimate of drug-likeness (QED) is 0.893. The molecular weight excluding hydrogens is 316 g/mol. The second-order valence-corrected chi connectivity index (χ2v) is 7.08.